The van der Waals surface area contributed by atoms with E-state index >= 15 is 0 Å². The van der Waals surface area contributed by atoms with Gasteiger partial charge >= 0.3 is 6.18 Å². The number of thioether (sulfide) groups is 1. The number of halogens is 3. The zero-order valence-electron chi connectivity index (χ0n) is 19.4. The molecule has 4 rings (SSSR count). The fraction of sp³-hybridized carbons (Fsp3) is 0.444. The number of nitrogens with zero attached hydrogens (tertiary/aromatic N) is 2. The Kier molecular flexibility index (Phi) is 7.90. The van der Waals surface area contributed by atoms with E-state index < -0.39 is 11.7 Å². The van der Waals surface area contributed by atoms with Crippen molar-refractivity contribution in [2.75, 3.05) is 26.2 Å². The van der Waals surface area contributed by atoms with Gasteiger partial charge in [0.15, 0.2) is 0 Å². The lowest BCUT2D eigenvalue weighted by atomic mass is 9.94. The summed E-state index contributed by atoms with van der Waals surface area (Å²) in [6.07, 6.45) is 2.73. The molecule has 2 heterocycles. The topological polar surface area (TPSA) is 39.1 Å². The molecule has 0 aromatic heterocycles. The Morgan fingerprint density at radius 3 is 2.62 bits per heavy atom. The molecule has 1 saturated heterocycles. The van der Waals surface area contributed by atoms with Crippen molar-refractivity contribution in [3.05, 3.63) is 75.3 Å². The fourth-order valence-electron chi connectivity index (χ4n) is 4.65. The van der Waals surface area contributed by atoms with E-state index in [1.54, 1.807) is 6.07 Å². The minimum atomic E-state index is -4.33. The Balaban J connectivity index is 1.49. The number of fused-ring (bicyclic) bond motifs is 1. The molecule has 2 aromatic rings. The first kappa shape index (κ1) is 24.7. The van der Waals surface area contributed by atoms with Gasteiger partial charge in [0.25, 0.3) is 0 Å². The first-order valence-corrected chi connectivity index (χ1v) is 12.7. The molecular formula is C27H30F3N3S. The summed E-state index contributed by atoms with van der Waals surface area (Å²) in [6.45, 7) is 5.75. The third kappa shape index (κ3) is 6.17. The number of hydrogen-bond donors (Lipinski definition) is 1. The number of alkyl halides is 3. The lowest BCUT2D eigenvalue weighted by molar-refractivity contribution is -0.137. The predicted molar refractivity (Wildman–Crippen MR) is 130 cm³/mol. The number of nitriles is 1. The highest BCUT2D eigenvalue weighted by molar-refractivity contribution is 8.03. The van der Waals surface area contributed by atoms with E-state index in [4.69, 9.17) is 0 Å². The molecular weight excluding hydrogens is 455 g/mol. The van der Waals surface area contributed by atoms with E-state index in [1.807, 2.05) is 19.1 Å². The molecule has 180 valence electrons. The number of hydrogen-bond acceptors (Lipinski definition) is 4. The summed E-state index contributed by atoms with van der Waals surface area (Å²) >= 11 is 1.46. The highest BCUT2D eigenvalue weighted by Gasteiger charge is 2.31. The molecule has 0 aliphatic carbocycles. The summed E-state index contributed by atoms with van der Waals surface area (Å²) in [5, 5.41) is 13.7. The Labute approximate surface area is 204 Å². The van der Waals surface area contributed by atoms with Gasteiger partial charge in [-0.15, -0.1) is 0 Å². The lowest BCUT2D eigenvalue weighted by Gasteiger charge is -2.32. The van der Waals surface area contributed by atoms with Crippen LogP contribution in [-0.2, 0) is 19.0 Å². The first-order valence-electron chi connectivity index (χ1n) is 11.9. The first-order chi connectivity index (χ1) is 16.3. The van der Waals surface area contributed by atoms with Crippen molar-refractivity contribution in [3.8, 4) is 6.07 Å². The van der Waals surface area contributed by atoms with Crippen LogP contribution >= 0.6 is 11.8 Å². The van der Waals surface area contributed by atoms with Crippen molar-refractivity contribution in [2.45, 2.75) is 50.1 Å². The molecule has 0 bridgehead atoms. The second kappa shape index (κ2) is 10.9. The average molecular weight is 486 g/mol. The van der Waals surface area contributed by atoms with Crippen molar-refractivity contribution < 1.29 is 13.2 Å². The molecule has 0 atom stereocenters. The van der Waals surface area contributed by atoms with E-state index in [2.05, 4.69) is 28.4 Å². The minimum Gasteiger partial charge on any atom is -0.366 e. The lowest BCUT2D eigenvalue weighted by Crippen LogP contribution is -2.32. The van der Waals surface area contributed by atoms with Crippen LogP contribution in [0.1, 0.15) is 47.1 Å². The molecule has 7 heteroatoms. The summed E-state index contributed by atoms with van der Waals surface area (Å²) in [4.78, 5) is 3.05. The van der Waals surface area contributed by atoms with Crippen LogP contribution in [0.4, 0.5) is 13.2 Å². The SMILES string of the molecule is Cc1cc(CCN(CCC2CCNCC2)C2=CCc3ccc(C(F)(F)F)cc3S2)ccc1C#N. The number of allylic oxidation sites excluding steroid dienone is 1. The summed E-state index contributed by atoms with van der Waals surface area (Å²) in [7, 11) is 0. The summed E-state index contributed by atoms with van der Waals surface area (Å²) in [5.41, 5.74) is 3.19. The summed E-state index contributed by atoms with van der Waals surface area (Å²) in [5.74, 6) is 0.680. The van der Waals surface area contributed by atoms with E-state index in [0.29, 0.717) is 22.8 Å². The van der Waals surface area contributed by atoms with E-state index in [1.165, 1.54) is 42.3 Å². The Morgan fingerprint density at radius 1 is 1.12 bits per heavy atom. The monoisotopic (exact) mass is 485 g/mol. The van der Waals surface area contributed by atoms with Gasteiger partial charge in [-0.1, -0.05) is 30.0 Å². The van der Waals surface area contributed by atoms with Gasteiger partial charge in [-0.05, 0) is 99.0 Å². The largest absolute Gasteiger partial charge is 0.416 e. The third-order valence-corrected chi connectivity index (χ3v) is 8.00. The van der Waals surface area contributed by atoms with E-state index in [0.717, 1.165) is 55.2 Å². The molecule has 3 nitrogen and oxygen atoms in total. The maximum absolute atomic E-state index is 13.3. The molecule has 34 heavy (non-hydrogen) atoms. The highest BCUT2D eigenvalue weighted by Crippen LogP contribution is 2.40. The molecule has 1 N–H and O–H groups in total. The van der Waals surface area contributed by atoms with E-state index in [9.17, 15) is 18.4 Å². The normalized spacial score (nSPS) is 16.5. The van der Waals surface area contributed by atoms with Crippen molar-refractivity contribution in [2.24, 2.45) is 5.92 Å². The number of benzene rings is 2. The second-order valence-corrected chi connectivity index (χ2v) is 10.2. The van der Waals surface area contributed by atoms with Gasteiger partial charge in [0.1, 0.15) is 0 Å². The molecule has 2 aromatic carbocycles. The average Bonchev–Trinajstić information content (AvgIpc) is 2.83. The molecule has 1 fully saturated rings. The number of rotatable bonds is 7. The molecule has 2 aliphatic heterocycles. The minimum absolute atomic E-state index is 0.589. The molecule has 0 unspecified atom stereocenters. The summed E-state index contributed by atoms with van der Waals surface area (Å²) in [6, 6.07) is 12.2. The number of nitrogens with one attached hydrogen (secondary N) is 1. The van der Waals surface area contributed by atoms with Crippen LogP contribution in [0.2, 0.25) is 0 Å². The van der Waals surface area contributed by atoms with Crippen molar-refractivity contribution in [3.63, 3.8) is 0 Å². The fourth-order valence-corrected chi connectivity index (χ4v) is 5.82. The quantitative estimate of drug-likeness (QED) is 0.499. The predicted octanol–water partition coefficient (Wildman–Crippen LogP) is 6.31. The molecule has 0 amide bonds. The van der Waals surface area contributed by atoms with Crippen molar-refractivity contribution in [1.82, 2.24) is 10.2 Å². The van der Waals surface area contributed by atoms with Gasteiger partial charge in [-0.2, -0.15) is 18.4 Å². The van der Waals surface area contributed by atoms with Crippen LogP contribution in [0, 0.1) is 24.2 Å². The van der Waals surface area contributed by atoms with Crippen LogP contribution < -0.4 is 5.32 Å². The standard InChI is InChI=1S/C27H30F3N3S/c1-19-16-21(2-3-23(19)18-31)11-15-33(14-10-20-8-12-32-13-9-20)26-7-5-22-4-6-24(27(28,29)30)17-25(22)34-26/h2-4,6-7,16-17,20,32H,5,8-15H2,1H3. The third-order valence-electron chi connectivity index (χ3n) is 6.76. The molecule has 2 aliphatic rings. The smallest absolute Gasteiger partial charge is 0.366 e. The van der Waals surface area contributed by atoms with Crippen LogP contribution in [0.3, 0.4) is 0 Å². The Bertz CT molecular complexity index is 1080. The van der Waals surface area contributed by atoms with Gasteiger partial charge in [-0.3, -0.25) is 0 Å². The Morgan fingerprint density at radius 2 is 1.91 bits per heavy atom. The van der Waals surface area contributed by atoms with Crippen LogP contribution in [0.5, 0.6) is 0 Å². The van der Waals surface area contributed by atoms with Crippen LogP contribution in [-0.4, -0.2) is 31.1 Å². The van der Waals surface area contributed by atoms with Crippen LogP contribution in [0.25, 0.3) is 0 Å². The number of aryl methyl sites for hydroxylation is 1. The molecule has 0 spiro atoms. The Hall–Kier alpha value is -2.43. The highest BCUT2D eigenvalue weighted by atomic mass is 32.2. The molecule has 0 saturated carbocycles. The summed E-state index contributed by atoms with van der Waals surface area (Å²) < 4.78 is 39.8. The van der Waals surface area contributed by atoms with Crippen molar-refractivity contribution >= 4 is 11.8 Å². The molecule has 0 radical (unpaired) electrons. The van der Waals surface area contributed by atoms with Crippen LogP contribution in [0.15, 0.2) is 52.4 Å². The van der Waals surface area contributed by atoms with Crippen molar-refractivity contribution in [1.29, 1.82) is 5.26 Å². The zero-order chi connectivity index (χ0) is 24.1. The van der Waals surface area contributed by atoms with E-state index in [-0.39, 0.29) is 0 Å². The van der Waals surface area contributed by atoms with Gasteiger partial charge < -0.3 is 10.2 Å². The maximum atomic E-state index is 13.3. The van der Waals surface area contributed by atoms with Gasteiger partial charge in [0.05, 0.1) is 22.2 Å². The van der Waals surface area contributed by atoms with Gasteiger partial charge in [0, 0.05) is 18.0 Å². The number of piperidine rings is 1. The second-order valence-electron chi connectivity index (χ2n) is 9.15. The maximum Gasteiger partial charge on any atom is 0.416 e. The van der Waals surface area contributed by atoms with Gasteiger partial charge in [0.2, 0.25) is 0 Å². The van der Waals surface area contributed by atoms with Gasteiger partial charge in [-0.25, -0.2) is 0 Å². The zero-order valence-corrected chi connectivity index (χ0v) is 20.2.